The lowest BCUT2D eigenvalue weighted by Crippen LogP contribution is -2.05. The molecule has 8 heteroatoms. The van der Waals surface area contributed by atoms with Gasteiger partial charge in [0, 0.05) is 18.0 Å². The Morgan fingerprint density at radius 2 is 1.80 bits per heavy atom. The van der Waals surface area contributed by atoms with Crippen LogP contribution in [0.1, 0.15) is 5.56 Å². The van der Waals surface area contributed by atoms with Gasteiger partial charge in [0.25, 0.3) is 0 Å². The van der Waals surface area contributed by atoms with Gasteiger partial charge in [-0.3, -0.25) is 0 Å². The lowest BCUT2D eigenvalue weighted by atomic mass is 10.3. The van der Waals surface area contributed by atoms with Crippen LogP contribution in [0.4, 0.5) is 18.9 Å². The maximum absolute atomic E-state index is 12.5. The summed E-state index contributed by atoms with van der Waals surface area (Å²) in [4.78, 5) is 3.54. The number of halogens is 5. The average Bonchev–Trinajstić information content (AvgIpc) is 2.35. The second kappa shape index (κ2) is 5.38. The van der Waals surface area contributed by atoms with E-state index in [1.54, 1.807) is 6.07 Å². The number of nitrogen functional groups attached to an aromatic ring is 1. The molecule has 1 aromatic carbocycles. The Morgan fingerprint density at radius 1 is 1.10 bits per heavy atom. The first-order valence-corrected chi connectivity index (χ1v) is 5.98. The Morgan fingerprint density at radius 3 is 2.40 bits per heavy atom. The van der Waals surface area contributed by atoms with Gasteiger partial charge in [-0.2, -0.15) is 13.2 Å². The summed E-state index contributed by atoms with van der Waals surface area (Å²) in [7, 11) is 0. The molecule has 0 amide bonds. The molecule has 0 aliphatic carbocycles. The van der Waals surface area contributed by atoms with E-state index < -0.39 is 11.7 Å². The van der Waals surface area contributed by atoms with Crippen LogP contribution >= 0.6 is 23.2 Å². The van der Waals surface area contributed by atoms with E-state index in [1.807, 2.05) is 0 Å². The zero-order chi connectivity index (χ0) is 14.9. The highest BCUT2D eigenvalue weighted by atomic mass is 35.5. The van der Waals surface area contributed by atoms with Crippen LogP contribution in [0.2, 0.25) is 10.0 Å². The van der Waals surface area contributed by atoms with E-state index in [0.717, 1.165) is 6.07 Å². The molecule has 0 spiro atoms. The number of nitrogens with two attached hydrogens (primary N) is 1. The van der Waals surface area contributed by atoms with Crippen molar-refractivity contribution in [3.8, 4) is 11.6 Å². The van der Waals surface area contributed by atoms with Crippen molar-refractivity contribution < 1.29 is 17.9 Å². The Labute approximate surface area is 122 Å². The quantitative estimate of drug-likeness (QED) is 0.809. The zero-order valence-corrected chi connectivity index (χ0v) is 11.2. The summed E-state index contributed by atoms with van der Waals surface area (Å²) in [6, 6.07) is 5.18. The number of anilines is 1. The molecular formula is C12H7Cl2F3N2O. The molecular weight excluding hydrogens is 316 g/mol. The van der Waals surface area contributed by atoms with Crippen molar-refractivity contribution in [2.45, 2.75) is 6.18 Å². The lowest BCUT2D eigenvalue weighted by molar-refractivity contribution is -0.137. The number of hydrogen-bond acceptors (Lipinski definition) is 3. The molecule has 0 saturated heterocycles. The van der Waals surface area contributed by atoms with Gasteiger partial charge in [-0.15, -0.1) is 0 Å². The Kier molecular flexibility index (Phi) is 3.96. The average molecular weight is 323 g/mol. The van der Waals surface area contributed by atoms with Gasteiger partial charge in [-0.05, 0) is 18.2 Å². The first-order chi connectivity index (χ1) is 9.27. The number of benzene rings is 1. The summed E-state index contributed by atoms with van der Waals surface area (Å²) in [6.07, 6.45) is -3.90. The fourth-order valence-electron chi connectivity index (χ4n) is 1.36. The van der Waals surface area contributed by atoms with Crippen molar-refractivity contribution in [3.05, 3.63) is 46.1 Å². The Bertz CT molecular complexity index is 647. The molecule has 1 aromatic heterocycles. The molecule has 0 saturated carbocycles. The van der Waals surface area contributed by atoms with Crippen LogP contribution in [0.5, 0.6) is 11.6 Å². The number of alkyl halides is 3. The number of ether oxygens (including phenoxy) is 1. The van der Waals surface area contributed by atoms with Gasteiger partial charge < -0.3 is 10.5 Å². The fourth-order valence-corrected chi connectivity index (χ4v) is 1.72. The van der Waals surface area contributed by atoms with Crippen molar-refractivity contribution in [3.63, 3.8) is 0 Å². The molecule has 0 atom stereocenters. The zero-order valence-electron chi connectivity index (χ0n) is 9.71. The minimum absolute atomic E-state index is 0.154. The maximum atomic E-state index is 12.5. The molecule has 0 aliphatic rings. The summed E-state index contributed by atoms with van der Waals surface area (Å²) in [5, 5.41) is -0.0460. The van der Waals surface area contributed by atoms with Gasteiger partial charge in [0.15, 0.2) is 0 Å². The van der Waals surface area contributed by atoms with Crippen molar-refractivity contribution in [2.75, 3.05) is 5.73 Å². The van der Waals surface area contributed by atoms with E-state index in [-0.39, 0.29) is 21.7 Å². The number of hydrogen-bond donors (Lipinski definition) is 1. The molecule has 0 bridgehead atoms. The fraction of sp³-hybridized carbons (Fsp3) is 0.0833. The molecule has 20 heavy (non-hydrogen) atoms. The third-order valence-electron chi connectivity index (χ3n) is 2.30. The molecule has 2 rings (SSSR count). The van der Waals surface area contributed by atoms with E-state index in [4.69, 9.17) is 33.7 Å². The maximum Gasteiger partial charge on any atom is 0.417 e. The van der Waals surface area contributed by atoms with E-state index in [1.165, 1.54) is 12.1 Å². The third kappa shape index (κ3) is 3.26. The molecule has 106 valence electrons. The highest BCUT2D eigenvalue weighted by Crippen LogP contribution is 2.36. The smallest absolute Gasteiger partial charge is 0.417 e. The van der Waals surface area contributed by atoms with E-state index in [9.17, 15) is 13.2 Å². The lowest BCUT2D eigenvalue weighted by Gasteiger charge is -2.11. The second-order valence-corrected chi connectivity index (χ2v) is 4.62. The van der Waals surface area contributed by atoms with Gasteiger partial charge in [-0.25, -0.2) is 4.98 Å². The second-order valence-electron chi connectivity index (χ2n) is 3.80. The van der Waals surface area contributed by atoms with Crippen LogP contribution < -0.4 is 10.5 Å². The number of pyridine rings is 1. The summed E-state index contributed by atoms with van der Waals surface area (Å²) < 4.78 is 42.7. The monoisotopic (exact) mass is 322 g/mol. The topological polar surface area (TPSA) is 48.1 Å². The standard InChI is InChI=1S/C12H7Cl2F3N2O/c13-8-2-1-7(18)4-10(8)20-11-9(14)3-6(5-19-11)12(15,16)17/h1-5H,18H2. The largest absolute Gasteiger partial charge is 0.436 e. The van der Waals surface area contributed by atoms with Gasteiger partial charge in [0.1, 0.15) is 10.8 Å². The molecule has 0 unspecified atom stereocenters. The van der Waals surface area contributed by atoms with Crippen LogP contribution in [-0.4, -0.2) is 4.98 Å². The molecule has 2 N–H and O–H groups in total. The van der Waals surface area contributed by atoms with Gasteiger partial charge in [-0.1, -0.05) is 23.2 Å². The van der Waals surface area contributed by atoms with Gasteiger partial charge in [0.05, 0.1) is 10.6 Å². The SMILES string of the molecule is Nc1ccc(Cl)c(Oc2ncc(C(F)(F)F)cc2Cl)c1. The summed E-state index contributed by atoms with van der Waals surface area (Å²) in [5.41, 5.74) is 4.98. The molecule has 2 aromatic rings. The van der Waals surface area contributed by atoms with Crippen LogP contribution in [0.15, 0.2) is 30.5 Å². The van der Waals surface area contributed by atoms with Crippen LogP contribution in [0.25, 0.3) is 0 Å². The highest BCUT2D eigenvalue weighted by molar-refractivity contribution is 6.32. The predicted octanol–water partition coefficient (Wildman–Crippen LogP) is 4.78. The summed E-state index contributed by atoms with van der Waals surface area (Å²) >= 11 is 11.6. The van der Waals surface area contributed by atoms with E-state index in [0.29, 0.717) is 11.9 Å². The van der Waals surface area contributed by atoms with Crippen molar-refractivity contribution in [1.82, 2.24) is 4.98 Å². The van der Waals surface area contributed by atoms with Crippen LogP contribution in [0, 0.1) is 0 Å². The highest BCUT2D eigenvalue weighted by Gasteiger charge is 2.31. The molecule has 3 nitrogen and oxygen atoms in total. The van der Waals surface area contributed by atoms with Crippen molar-refractivity contribution in [2.24, 2.45) is 0 Å². The van der Waals surface area contributed by atoms with E-state index in [2.05, 4.69) is 4.98 Å². The number of nitrogens with zero attached hydrogens (tertiary/aromatic N) is 1. The number of aromatic nitrogens is 1. The van der Waals surface area contributed by atoms with Crippen LogP contribution in [-0.2, 0) is 6.18 Å². The predicted molar refractivity (Wildman–Crippen MR) is 70.2 cm³/mol. The molecule has 1 heterocycles. The van der Waals surface area contributed by atoms with Gasteiger partial charge >= 0.3 is 6.18 Å². The Hall–Kier alpha value is -1.66. The first-order valence-electron chi connectivity index (χ1n) is 5.23. The minimum Gasteiger partial charge on any atom is -0.436 e. The molecule has 0 radical (unpaired) electrons. The molecule has 0 aliphatic heterocycles. The first kappa shape index (κ1) is 14.7. The van der Waals surface area contributed by atoms with E-state index >= 15 is 0 Å². The van der Waals surface area contributed by atoms with Crippen molar-refractivity contribution >= 4 is 28.9 Å². The summed E-state index contributed by atoms with van der Waals surface area (Å²) in [5.74, 6) is -0.0343. The molecule has 0 fully saturated rings. The normalized spacial score (nSPS) is 11.4. The Balaban J connectivity index is 2.33. The minimum atomic E-state index is -4.52. The van der Waals surface area contributed by atoms with Crippen LogP contribution in [0.3, 0.4) is 0 Å². The van der Waals surface area contributed by atoms with Gasteiger partial charge in [0.2, 0.25) is 5.88 Å². The van der Waals surface area contributed by atoms with Crippen molar-refractivity contribution in [1.29, 1.82) is 0 Å². The third-order valence-corrected chi connectivity index (χ3v) is 2.88. The number of rotatable bonds is 2. The summed E-state index contributed by atoms with van der Waals surface area (Å²) in [6.45, 7) is 0.